The zero-order valence-corrected chi connectivity index (χ0v) is 12.5. The summed E-state index contributed by atoms with van der Waals surface area (Å²) in [5, 5.41) is 0. The number of hydrogen-bond acceptors (Lipinski definition) is 1. The molecule has 0 spiro atoms. The zero-order chi connectivity index (χ0) is 14.7. The molecule has 0 radical (unpaired) electrons. The van der Waals surface area contributed by atoms with Crippen LogP contribution in [0.15, 0.2) is 54.6 Å². The molecule has 108 valence electrons. The topological polar surface area (TPSA) is 20.3 Å². The van der Waals surface area contributed by atoms with Crippen LogP contribution in [0.1, 0.15) is 40.2 Å². The first-order valence-electron chi connectivity index (χ1n) is 7.65. The van der Waals surface area contributed by atoms with Crippen molar-refractivity contribution < 1.29 is 4.79 Å². The Morgan fingerprint density at radius 3 is 2.24 bits per heavy atom. The minimum atomic E-state index is 0.166. The molecular formula is C19H21NO. The molecule has 21 heavy (non-hydrogen) atoms. The van der Waals surface area contributed by atoms with E-state index < -0.39 is 0 Å². The van der Waals surface area contributed by atoms with Gasteiger partial charge in [-0.3, -0.25) is 4.79 Å². The van der Waals surface area contributed by atoms with Gasteiger partial charge in [0.05, 0.1) is 0 Å². The van der Waals surface area contributed by atoms with Gasteiger partial charge in [-0.25, -0.2) is 0 Å². The molecule has 1 aliphatic rings. The molecule has 2 nitrogen and oxygen atoms in total. The molecule has 3 rings (SSSR count). The highest BCUT2D eigenvalue weighted by Crippen LogP contribution is 2.30. The van der Waals surface area contributed by atoms with Crippen LogP contribution in [0.25, 0.3) is 0 Å². The third-order valence-electron chi connectivity index (χ3n) is 4.43. The quantitative estimate of drug-likeness (QED) is 0.813. The second-order valence-electron chi connectivity index (χ2n) is 5.79. The molecule has 2 aromatic carbocycles. The molecule has 0 unspecified atom stereocenters. The molecule has 0 aromatic heterocycles. The highest BCUT2D eigenvalue weighted by molar-refractivity contribution is 5.94. The highest BCUT2D eigenvalue weighted by Gasteiger charge is 2.24. The maximum atomic E-state index is 12.4. The Labute approximate surface area is 126 Å². The van der Waals surface area contributed by atoms with Crippen molar-refractivity contribution in [2.45, 2.75) is 25.7 Å². The Balaban J connectivity index is 1.66. The fourth-order valence-corrected chi connectivity index (χ4v) is 3.20. The first-order chi connectivity index (χ1) is 10.3. The average Bonchev–Trinajstić information content (AvgIpc) is 2.56. The number of amides is 1. The smallest absolute Gasteiger partial charge is 0.253 e. The van der Waals surface area contributed by atoms with E-state index >= 15 is 0 Å². The zero-order valence-electron chi connectivity index (χ0n) is 12.5. The van der Waals surface area contributed by atoms with Crippen LogP contribution in [-0.2, 0) is 0 Å². The van der Waals surface area contributed by atoms with Crippen LogP contribution in [0.3, 0.4) is 0 Å². The number of rotatable bonds is 2. The predicted molar refractivity (Wildman–Crippen MR) is 85.5 cm³/mol. The lowest BCUT2D eigenvalue weighted by Gasteiger charge is -2.33. The second kappa shape index (κ2) is 6.13. The average molecular weight is 279 g/mol. The Kier molecular flexibility index (Phi) is 4.05. The summed E-state index contributed by atoms with van der Waals surface area (Å²) in [6.45, 7) is 3.89. The van der Waals surface area contributed by atoms with Gasteiger partial charge < -0.3 is 4.90 Å². The molecule has 1 saturated heterocycles. The fourth-order valence-electron chi connectivity index (χ4n) is 3.20. The van der Waals surface area contributed by atoms with E-state index in [-0.39, 0.29) is 5.91 Å². The van der Waals surface area contributed by atoms with Crippen LogP contribution >= 0.6 is 0 Å². The molecule has 0 atom stereocenters. The molecule has 2 aromatic rings. The van der Waals surface area contributed by atoms with Crippen LogP contribution in [0.4, 0.5) is 0 Å². The SMILES string of the molecule is Cc1ccccc1C1CCN(C(=O)c2ccccc2)CC1. The van der Waals surface area contributed by atoms with Gasteiger partial charge in [-0.1, -0.05) is 42.5 Å². The summed E-state index contributed by atoms with van der Waals surface area (Å²) >= 11 is 0. The molecule has 0 N–H and O–H groups in total. The number of carbonyl (C=O) groups excluding carboxylic acids is 1. The van der Waals surface area contributed by atoms with Gasteiger partial charge in [-0.05, 0) is 48.9 Å². The van der Waals surface area contributed by atoms with Crippen LogP contribution < -0.4 is 0 Å². The van der Waals surface area contributed by atoms with E-state index in [0.717, 1.165) is 31.5 Å². The molecular weight excluding hydrogens is 258 g/mol. The van der Waals surface area contributed by atoms with Crippen molar-refractivity contribution in [3.63, 3.8) is 0 Å². The summed E-state index contributed by atoms with van der Waals surface area (Å²) in [6, 6.07) is 18.2. The standard InChI is InChI=1S/C19H21NO/c1-15-7-5-6-10-18(15)16-11-13-20(14-12-16)19(21)17-8-3-2-4-9-17/h2-10,16H,11-14H2,1H3. The third kappa shape index (κ3) is 2.99. The normalized spacial score (nSPS) is 16.0. The van der Waals surface area contributed by atoms with Gasteiger partial charge in [0, 0.05) is 18.7 Å². The Hall–Kier alpha value is -2.09. The van der Waals surface area contributed by atoms with Crippen molar-refractivity contribution in [2.75, 3.05) is 13.1 Å². The van der Waals surface area contributed by atoms with Gasteiger partial charge in [-0.2, -0.15) is 0 Å². The summed E-state index contributed by atoms with van der Waals surface area (Å²) in [7, 11) is 0. The van der Waals surface area contributed by atoms with E-state index in [2.05, 4.69) is 31.2 Å². The molecule has 1 fully saturated rings. The summed E-state index contributed by atoms with van der Waals surface area (Å²) in [5.41, 5.74) is 3.61. The number of nitrogens with zero attached hydrogens (tertiary/aromatic N) is 1. The van der Waals surface area contributed by atoms with E-state index in [4.69, 9.17) is 0 Å². The van der Waals surface area contributed by atoms with E-state index in [1.807, 2.05) is 35.2 Å². The van der Waals surface area contributed by atoms with Crippen LogP contribution in [0.5, 0.6) is 0 Å². The monoisotopic (exact) mass is 279 g/mol. The maximum Gasteiger partial charge on any atom is 0.253 e. The Morgan fingerprint density at radius 2 is 1.57 bits per heavy atom. The van der Waals surface area contributed by atoms with Crippen molar-refractivity contribution in [3.05, 3.63) is 71.3 Å². The van der Waals surface area contributed by atoms with Gasteiger partial charge in [0.15, 0.2) is 0 Å². The molecule has 1 heterocycles. The molecule has 1 amide bonds. The molecule has 0 aliphatic carbocycles. The number of piperidine rings is 1. The molecule has 2 heteroatoms. The number of hydrogen-bond donors (Lipinski definition) is 0. The first kappa shape index (κ1) is 13.9. The lowest BCUT2D eigenvalue weighted by atomic mass is 9.87. The summed E-state index contributed by atoms with van der Waals surface area (Å²) in [4.78, 5) is 14.4. The van der Waals surface area contributed by atoms with Crippen LogP contribution in [-0.4, -0.2) is 23.9 Å². The van der Waals surface area contributed by atoms with E-state index in [1.54, 1.807) is 0 Å². The minimum Gasteiger partial charge on any atom is -0.339 e. The number of aryl methyl sites for hydroxylation is 1. The van der Waals surface area contributed by atoms with Gasteiger partial charge in [-0.15, -0.1) is 0 Å². The van der Waals surface area contributed by atoms with E-state index in [1.165, 1.54) is 11.1 Å². The summed E-state index contributed by atoms with van der Waals surface area (Å²) in [6.07, 6.45) is 2.12. The Bertz CT molecular complexity index is 612. The van der Waals surface area contributed by atoms with Gasteiger partial charge in [0.2, 0.25) is 0 Å². The van der Waals surface area contributed by atoms with E-state index in [0.29, 0.717) is 5.92 Å². The van der Waals surface area contributed by atoms with Gasteiger partial charge in [0.25, 0.3) is 5.91 Å². The lowest BCUT2D eigenvalue weighted by Crippen LogP contribution is -2.38. The van der Waals surface area contributed by atoms with E-state index in [9.17, 15) is 4.79 Å². The van der Waals surface area contributed by atoms with Gasteiger partial charge in [0.1, 0.15) is 0 Å². The van der Waals surface area contributed by atoms with Crippen molar-refractivity contribution in [1.29, 1.82) is 0 Å². The first-order valence-corrected chi connectivity index (χ1v) is 7.65. The minimum absolute atomic E-state index is 0.166. The molecule has 0 saturated carbocycles. The number of carbonyl (C=O) groups is 1. The lowest BCUT2D eigenvalue weighted by molar-refractivity contribution is 0.0713. The largest absolute Gasteiger partial charge is 0.339 e. The number of benzene rings is 2. The van der Waals surface area contributed by atoms with Crippen LogP contribution in [0, 0.1) is 6.92 Å². The molecule has 1 aliphatic heterocycles. The van der Waals surface area contributed by atoms with Crippen molar-refractivity contribution >= 4 is 5.91 Å². The molecule has 0 bridgehead atoms. The maximum absolute atomic E-state index is 12.4. The van der Waals surface area contributed by atoms with Crippen molar-refractivity contribution in [2.24, 2.45) is 0 Å². The van der Waals surface area contributed by atoms with Crippen molar-refractivity contribution in [1.82, 2.24) is 4.90 Å². The predicted octanol–water partition coefficient (Wildman–Crippen LogP) is 4.01. The number of likely N-dealkylation sites (tertiary alicyclic amines) is 1. The second-order valence-corrected chi connectivity index (χ2v) is 5.79. The summed E-state index contributed by atoms with van der Waals surface area (Å²) < 4.78 is 0. The van der Waals surface area contributed by atoms with Gasteiger partial charge >= 0.3 is 0 Å². The highest BCUT2D eigenvalue weighted by atomic mass is 16.2. The van der Waals surface area contributed by atoms with Crippen LogP contribution in [0.2, 0.25) is 0 Å². The van der Waals surface area contributed by atoms with Crippen molar-refractivity contribution in [3.8, 4) is 0 Å². The third-order valence-corrected chi connectivity index (χ3v) is 4.43. The Morgan fingerprint density at radius 1 is 0.952 bits per heavy atom. The fraction of sp³-hybridized carbons (Fsp3) is 0.316. The summed E-state index contributed by atoms with van der Waals surface area (Å²) in [5.74, 6) is 0.754.